The van der Waals surface area contributed by atoms with E-state index in [0.717, 1.165) is 24.9 Å². The number of rotatable bonds is 2. The Balaban J connectivity index is 1.70. The quantitative estimate of drug-likeness (QED) is 0.871. The van der Waals surface area contributed by atoms with Crippen LogP contribution in [0.3, 0.4) is 0 Å². The van der Waals surface area contributed by atoms with Gasteiger partial charge in [0.15, 0.2) is 0 Å². The van der Waals surface area contributed by atoms with Crippen molar-refractivity contribution in [2.75, 3.05) is 6.54 Å². The van der Waals surface area contributed by atoms with Crippen molar-refractivity contribution in [2.45, 2.75) is 30.7 Å². The molecule has 1 saturated carbocycles. The Hall–Kier alpha value is -1.95. The van der Waals surface area contributed by atoms with Gasteiger partial charge in [0.1, 0.15) is 5.82 Å². The minimum Gasteiger partial charge on any atom is -0.369 e. The van der Waals surface area contributed by atoms with E-state index in [0.29, 0.717) is 12.1 Å². The average Bonchev–Trinajstić information content (AvgIpc) is 2.93. The summed E-state index contributed by atoms with van der Waals surface area (Å²) < 4.78 is 16.0. The molecule has 0 aromatic carbocycles. The number of nitrogens with one attached hydrogen (secondary N) is 1. The number of hydrogen-bond acceptors (Lipinski definition) is 3. The lowest BCUT2D eigenvalue weighted by Crippen LogP contribution is -2.45. The molecule has 2 fully saturated rings. The van der Waals surface area contributed by atoms with Crippen LogP contribution >= 0.6 is 0 Å². The van der Waals surface area contributed by atoms with Crippen molar-refractivity contribution in [3.8, 4) is 0 Å². The first-order chi connectivity index (χ1) is 10.1. The third-order valence-electron chi connectivity index (χ3n) is 4.93. The molecule has 5 nitrogen and oxygen atoms in total. The molecule has 0 radical (unpaired) electrons. The summed E-state index contributed by atoms with van der Waals surface area (Å²) in [5.41, 5.74) is 6.74. The first-order valence-electron chi connectivity index (χ1n) is 7.27. The molecule has 1 aliphatic heterocycles. The lowest BCUT2D eigenvalue weighted by Gasteiger charge is -2.30. The molecule has 3 heterocycles. The van der Waals surface area contributed by atoms with Gasteiger partial charge >= 0.3 is 0 Å². The highest BCUT2D eigenvalue weighted by atomic mass is 19.1. The Morgan fingerprint density at radius 3 is 3.10 bits per heavy atom. The topological polar surface area (TPSA) is 72.4 Å². The molecule has 6 heteroatoms. The third kappa shape index (κ3) is 1.86. The average molecular weight is 288 g/mol. The summed E-state index contributed by atoms with van der Waals surface area (Å²) in [6, 6.07) is 5.08. The van der Waals surface area contributed by atoms with Crippen LogP contribution in [0, 0.1) is 11.7 Å². The second-order valence-corrected chi connectivity index (χ2v) is 6.17. The Morgan fingerprint density at radius 1 is 1.43 bits per heavy atom. The summed E-state index contributed by atoms with van der Waals surface area (Å²) in [5, 5.41) is 7.70. The molecular weight excluding hydrogens is 271 g/mol. The molecule has 1 amide bonds. The van der Waals surface area contributed by atoms with Crippen LogP contribution in [0.4, 0.5) is 4.39 Å². The molecule has 4 rings (SSSR count). The number of amides is 1. The van der Waals surface area contributed by atoms with Gasteiger partial charge in [-0.1, -0.05) is 0 Å². The van der Waals surface area contributed by atoms with E-state index in [1.165, 1.54) is 6.07 Å². The fourth-order valence-corrected chi connectivity index (χ4v) is 3.74. The van der Waals surface area contributed by atoms with Crippen molar-refractivity contribution >= 4 is 11.4 Å². The van der Waals surface area contributed by atoms with Crippen LogP contribution in [0.15, 0.2) is 24.4 Å². The van der Waals surface area contributed by atoms with Crippen LogP contribution in [0.2, 0.25) is 0 Å². The van der Waals surface area contributed by atoms with Gasteiger partial charge in [0.05, 0.1) is 11.2 Å². The maximum Gasteiger partial charge on any atom is 0.220 e. The van der Waals surface area contributed by atoms with Crippen LogP contribution < -0.4 is 11.1 Å². The Morgan fingerprint density at radius 2 is 2.29 bits per heavy atom. The van der Waals surface area contributed by atoms with Crippen molar-refractivity contribution in [3.05, 3.63) is 35.9 Å². The van der Waals surface area contributed by atoms with Crippen molar-refractivity contribution < 1.29 is 9.18 Å². The zero-order chi connectivity index (χ0) is 14.6. The highest BCUT2D eigenvalue weighted by molar-refractivity contribution is 5.77. The smallest absolute Gasteiger partial charge is 0.220 e. The number of hydrogen-bond donors (Lipinski definition) is 2. The molecule has 3 unspecified atom stereocenters. The number of nitrogens with two attached hydrogens (primary N) is 1. The number of primary amides is 1. The summed E-state index contributed by atoms with van der Waals surface area (Å²) in [6.07, 6.45) is 3.95. The van der Waals surface area contributed by atoms with Crippen LogP contribution in [0.5, 0.6) is 0 Å². The minimum absolute atomic E-state index is 0.0447. The van der Waals surface area contributed by atoms with Gasteiger partial charge < -0.3 is 11.1 Å². The van der Waals surface area contributed by atoms with Gasteiger partial charge in [0.2, 0.25) is 5.91 Å². The molecule has 3 atom stereocenters. The Kier molecular flexibility index (Phi) is 2.60. The molecule has 110 valence electrons. The summed E-state index contributed by atoms with van der Waals surface area (Å²) in [4.78, 5) is 11.5. The van der Waals surface area contributed by atoms with Crippen molar-refractivity contribution in [1.29, 1.82) is 0 Å². The summed E-state index contributed by atoms with van der Waals surface area (Å²) >= 11 is 0. The van der Waals surface area contributed by atoms with Gasteiger partial charge in [0.25, 0.3) is 0 Å². The Bertz CT molecular complexity index is 728. The standard InChI is InChI=1S/C15H17FN4O/c16-12-2-1-10-4-6-19-20(10)13(12)11-8-15(11)7-9(14(17)21)3-5-18-15/h1-2,4,6,9,11,18H,3,5,7-8H2,(H2,17,21). The highest BCUT2D eigenvalue weighted by Gasteiger charge is 2.59. The number of fused-ring (bicyclic) bond motifs is 1. The van der Waals surface area contributed by atoms with E-state index in [9.17, 15) is 9.18 Å². The zero-order valence-corrected chi connectivity index (χ0v) is 11.6. The number of pyridine rings is 1. The van der Waals surface area contributed by atoms with Crippen LogP contribution in [-0.4, -0.2) is 27.6 Å². The van der Waals surface area contributed by atoms with Gasteiger partial charge in [-0.15, -0.1) is 0 Å². The third-order valence-corrected chi connectivity index (χ3v) is 4.93. The van der Waals surface area contributed by atoms with E-state index in [1.54, 1.807) is 16.8 Å². The fourth-order valence-electron chi connectivity index (χ4n) is 3.74. The normalized spacial score (nSPS) is 31.7. The minimum atomic E-state index is -0.251. The molecule has 2 aromatic rings. The second kappa shape index (κ2) is 4.27. The van der Waals surface area contributed by atoms with E-state index in [1.807, 2.05) is 6.07 Å². The van der Waals surface area contributed by atoms with Crippen LogP contribution in [-0.2, 0) is 4.79 Å². The molecule has 1 aliphatic carbocycles. The maximum atomic E-state index is 14.3. The van der Waals surface area contributed by atoms with Crippen LogP contribution in [0.25, 0.3) is 5.52 Å². The number of halogens is 1. The first-order valence-corrected chi connectivity index (χ1v) is 7.27. The lowest BCUT2D eigenvalue weighted by atomic mass is 9.88. The molecule has 2 aliphatic rings. The monoisotopic (exact) mass is 288 g/mol. The number of carbonyl (C=O) groups is 1. The van der Waals surface area contributed by atoms with Gasteiger partial charge in [0, 0.05) is 23.6 Å². The number of carbonyl (C=O) groups excluding carboxylic acids is 1. The lowest BCUT2D eigenvalue weighted by molar-refractivity contribution is -0.123. The molecule has 0 bridgehead atoms. The van der Waals surface area contributed by atoms with Crippen LogP contribution in [0.1, 0.15) is 30.9 Å². The predicted octanol–water partition coefficient (Wildman–Crippen LogP) is 1.18. The largest absolute Gasteiger partial charge is 0.369 e. The zero-order valence-electron chi connectivity index (χ0n) is 11.6. The number of aromatic nitrogens is 2. The van der Waals surface area contributed by atoms with Gasteiger partial charge in [-0.3, -0.25) is 4.79 Å². The van der Waals surface area contributed by atoms with Gasteiger partial charge in [-0.25, -0.2) is 8.91 Å². The van der Waals surface area contributed by atoms with Gasteiger partial charge in [-0.05, 0) is 44.0 Å². The van der Waals surface area contributed by atoms with Crippen molar-refractivity contribution in [3.63, 3.8) is 0 Å². The number of piperidine rings is 1. The van der Waals surface area contributed by atoms with E-state index in [2.05, 4.69) is 10.4 Å². The molecule has 21 heavy (non-hydrogen) atoms. The van der Waals surface area contributed by atoms with Crippen molar-refractivity contribution in [2.24, 2.45) is 11.7 Å². The number of nitrogens with zero attached hydrogens (tertiary/aromatic N) is 2. The Labute approximate surface area is 121 Å². The van der Waals surface area contributed by atoms with E-state index >= 15 is 0 Å². The predicted molar refractivity (Wildman–Crippen MR) is 75.2 cm³/mol. The maximum absolute atomic E-state index is 14.3. The SMILES string of the molecule is NC(=O)C1CCNC2(C1)CC2c1c(F)ccc2ccnn12. The second-order valence-electron chi connectivity index (χ2n) is 6.17. The molecule has 2 aromatic heterocycles. The van der Waals surface area contributed by atoms with E-state index < -0.39 is 0 Å². The summed E-state index contributed by atoms with van der Waals surface area (Å²) in [5.74, 6) is -0.560. The van der Waals surface area contributed by atoms with Gasteiger partial charge in [-0.2, -0.15) is 5.10 Å². The van der Waals surface area contributed by atoms with E-state index in [-0.39, 0.29) is 29.1 Å². The molecule has 1 saturated heterocycles. The molecule has 1 spiro atoms. The first kappa shape index (κ1) is 12.8. The summed E-state index contributed by atoms with van der Waals surface area (Å²) in [6.45, 7) is 0.751. The fraction of sp³-hybridized carbons (Fsp3) is 0.467. The highest BCUT2D eigenvalue weighted by Crippen LogP contribution is 2.56. The summed E-state index contributed by atoms with van der Waals surface area (Å²) in [7, 11) is 0. The van der Waals surface area contributed by atoms with E-state index in [4.69, 9.17) is 5.73 Å². The van der Waals surface area contributed by atoms with Crippen molar-refractivity contribution in [1.82, 2.24) is 14.9 Å². The molecule has 3 N–H and O–H groups in total. The molecular formula is C15H17FN4O.